The number of hydrogen-bond donors (Lipinski definition) is 2. The summed E-state index contributed by atoms with van der Waals surface area (Å²) in [5.41, 5.74) is 1.10. The first-order chi connectivity index (χ1) is 6.91. The quantitative estimate of drug-likeness (QED) is 0.736. The number of aliphatic carboxylic acids is 1. The molecule has 0 bridgehead atoms. The second-order valence-corrected chi connectivity index (χ2v) is 3.32. The van der Waals surface area contributed by atoms with Gasteiger partial charge in [-0.25, -0.2) is 4.79 Å². The molecule has 0 saturated carbocycles. The van der Waals surface area contributed by atoms with Gasteiger partial charge in [-0.05, 0) is 6.92 Å². The average molecular weight is 211 g/mol. The predicted octanol–water partition coefficient (Wildman–Crippen LogP) is -0.00968. The van der Waals surface area contributed by atoms with E-state index in [1.807, 2.05) is 0 Å². The molecule has 0 aliphatic heterocycles. The minimum absolute atomic E-state index is 0.384. The zero-order valence-corrected chi connectivity index (χ0v) is 8.81. The summed E-state index contributed by atoms with van der Waals surface area (Å²) in [5, 5.41) is 15.3. The Morgan fingerprint density at radius 1 is 1.60 bits per heavy atom. The van der Waals surface area contributed by atoms with Crippen molar-refractivity contribution in [3.63, 3.8) is 0 Å². The third kappa shape index (κ3) is 2.55. The second-order valence-electron chi connectivity index (χ2n) is 3.32. The predicted molar refractivity (Wildman–Crippen MR) is 52.1 cm³/mol. The van der Waals surface area contributed by atoms with Crippen LogP contribution >= 0.6 is 0 Å². The third-order valence-electron chi connectivity index (χ3n) is 1.96. The lowest BCUT2D eigenvalue weighted by Gasteiger charge is -2.11. The van der Waals surface area contributed by atoms with Gasteiger partial charge in [0.2, 0.25) is 5.91 Å². The molecule has 2 N–H and O–H groups in total. The van der Waals surface area contributed by atoms with E-state index in [4.69, 9.17) is 5.11 Å². The second kappa shape index (κ2) is 4.12. The lowest BCUT2D eigenvalue weighted by atomic mass is 10.1. The van der Waals surface area contributed by atoms with Crippen LogP contribution in [0.4, 0.5) is 0 Å². The smallest absolute Gasteiger partial charge is 0.331 e. The minimum atomic E-state index is -1.10. The number of amides is 1. The molecule has 1 atom stereocenters. The fraction of sp³-hybridized carbons (Fsp3) is 0.444. The number of aryl methyl sites for hydroxylation is 2. The maximum absolute atomic E-state index is 10.9. The molecular formula is C9H13N3O3. The van der Waals surface area contributed by atoms with Gasteiger partial charge in [-0.2, -0.15) is 5.10 Å². The SMILES string of the molecule is CC(=O)NC(C(=O)O)c1cn(C)nc1C. The van der Waals surface area contributed by atoms with Gasteiger partial charge in [-0.3, -0.25) is 9.48 Å². The molecule has 1 unspecified atom stereocenters. The van der Waals surface area contributed by atoms with E-state index in [0.29, 0.717) is 11.3 Å². The molecule has 0 radical (unpaired) electrons. The van der Waals surface area contributed by atoms with Crippen molar-refractivity contribution in [3.05, 3.63) is 17.5 Å². The maximum atomic E-state index is 10.9. The Hall–Kier alpha value is -1.85. The van der Waals surface area contributed by atoms with Gasteiger partial charge >= 0.3 is 5.97 Å². The summed E-state index contributed by atoms with van der Waals surface area (Å²) in [7, 11) is 1.70. The Morgan fingerprint density at radius 3 is 2.53 bits per heavy atom. The first-order valence-electron chi connectivity index (χ1n) is 4.42. The van der Waals surface area contributed by atoms with Crippen molar-refractivity contribution in [3.8, 4) is 0 Å². The van der Waals surface area contributed by atoms with Crippen LogP contribution in [-0.4, -0.2) is 26.8 Å². The van der Waals surface area contributed by atoms with Gasteiger partial charge in [0.25, 0.3) is 0 Å². The highest BCUT2D eigenvalue weighted by Gasteiger charge is 2.24. The first kappa shape index (κ1) is 11.2. The van der Waals surface area contributed by atoms with Crippen molar-refractivity contribution in [2.24, 2.45) is 7.05 Å². The van der Waals surface area contributed by atoms with E-state index in [2.05, 4.69) is 10.4 Å². The Kier molecular flexibility index (Phi) is 3.08. The number of carbonyl (C=O) groups excluding carboxylic acids is 1. The summed E-state index contributed by atoms with van der Waals surface area (Å²) < 4.78 is 1.52. The number of hydrogen-bond acceptors (Lipinski definition) is 3. The van der Waals surface area contributed by atoms with Crippen molar-refractivity contribution in [2.75, 3.05) is 0 Å². The van der Waals surface area contributed by atoms with Crippen molar-refractivity contribution >= 4 is 11.9 Å². The van der Waals surface area contributed by atoms with E-state index in [1.54, 1.807) is 20.2 Å². The van der Waals surface area contributed by atoms with Gasteiger partial charge < -0.3 is 10.4 Å². The van der Waals surface area contributed by atoms with Crippen LogP contribution < -0.4 is 5.32 Å². The van der Waals surface area contributed by atoms with Crippen molar-refractivity contribution in [1.82, 2.24) is 15.1 Å². The highest BCUT2D eigenvalue weighted by Crippen LogP contribution is 2.16. The van der Waals surface area contributed by atoms with Gasteiger partial charge in [0.15, 0.2) is 6.04 Å². The van der Waals surface area contributed by atoms with Crippen LogP contribution in [-0.2, 0) is 16.6 Å². The molecular weight excluding hydrogens is 198 g/mol. The Balaban J connectivity index is 3.03. The van der Waals surface area contributed by atoms with E-state index in [1.165, 1.54) is 11.6 Å². The summed E-state index contributed by atoms with van der Waals surface area (Å²) in [5.74, 6) is -1.48. The van der Waals surface area contributed by atoms with Crippen LogP contribution in [0, 0.1) is 6.92 Å². The molecule has 82 valence electrons. The molecule has 1 rings (SSSR count). The largest absolute Gasteiger partial charge is 0.479 e. The van der Waals surface area contributed by atoms with E-state index in [0.717, 1.165) is 0 Å². The van der Waals surface area contributed by atoms with Crippen LogP contribution in [0.15, 0.2) is 6.20 Å². The monoisotopic (exact) mass is 211 g/mol. The van der Waals surface area contributed by atoms with Crippen molar-refractivity contribution in [1.29, 1.82) is 0 Å². The van der Waals surface area contributed by atoms with Crippen molar-refractivity contribution < 1.29 is 14.7 Å². The van der Waals surface area contributed by atoms with Gasteiger partial charge in [-0.15, -0.1) is 0 Å². The molecule has 15 heavy (non-hydrogen) atoms. The van der Waals surface area contributed by atoms with Gasteiger partial charge in [-0.1, -0.05) is 0 Å². The zero-order valence-electron chi connectivity index (χ0n) is 8.81. The summed E-state index contributed by atoms with van der Waals surface area (Å²) in [6.07, 6.45) is 1.59. The normalized spacial score (nSPS) is 12.2. The molecule has 1 heterocycles. The Morgan fingerprint density at radius 2 is 2.20 bits per heavy atom. The fourth-order valence-electron chi connectivity index (χ4n) is 1.38. The van der Waals surface area contributed by atoms with Crippen LogP contribution in [0.2, 0.25) is 0 Å². The molecule has 1 aromatic heterocycles. The molecule has 6 heteroatoms. The molecule has 1 aromatic rings. The number of aromatic nitrogens is 2. The molecule has 1 amide bonds. The number of carbonyl (C=O) groups is 2. The lowest BCUT2D eigenvalue weighted by molar-refractivity contribution is -0.141. The van der Waals surface area contributed by atoms with E-state index < -0.39 is 12.0 Å². The van der Waals surface area contributed by atoms with Gasteiger partial charge in [0.05, 0.1) is 5.69 Å². The minimum Gasteiger partial charge on any atom is -0.479 e. The zero-order chi connectivity index (χ0) is 11.6. The summed E-state index contributed by atoms with van der Waals surface area (Å²) in [4.78, 5) is 21.8. The summed E-state index contributed by atoms with van der Waals surface area (Å²) >= 11 is 0. The number of carboxylic acids is 1. The maximum Gasteiger partial charge on any atom is 0.331 e. The highest BCUT2D eigenvalue weighted by molar-refractivity contribution is 5.83. The summed E-state index contributed by atoms with van der Waals surface area (Å²) in [6.45, 7) is 2.98. The molecule has 0 fully saturated rings. The molecule has 0 aliphatic rings. The number of nitrogens with zero attached hydrogens (tertiary/aromatic N) is 2. The van der Waals surface area contributed by atoms with Crippen LogP contribution in [0.25, 0.3) is 0 Å². The van der Waals surface area contributed by atoms with Crippen LogP contribution in [0.5, 0.6) is 0 Å². The number of nitrogens with one attached hydrogen (secondary N) is 1. The third-order valence-corrected chi connectivity index (χ3v) is 1.96. The summed E-state index contributed by atoms with van der Waals surface area (Å²) in [6, 6.07) is -1.03. The van der Waals surface area contributed by atoms with Crippen LogP contribution in [0.1, 0.15) is 24.2 Å². The molecule has 0 saturated heterocycles. The fourth-order valence-corrected chi connectivity index (χ4v) is 1.38. The van der Waals surface area contributed by atoms with E-state index in [9.17, 15) is 9.59 Å². The first-order valence-corrected chi connectivity index (χ1v) is 4.42. The van der Waals surface area contributed by atoms with Gasteiger partial charge in [0, 0.05) is 25.7 Å². The van der Waals surface area contributed by atoms with Gasteiger partial charge in [0.1, 0.15) is 0 Å². The Labute approximate surface area is 86.9 Å². The molecule has 0 spiro atoms. The van der Waals surface area contributed by atoms with Crippen LogP contribution in [0.3, 0.4) is 0 Å². The number of carboxylic acid groups (broad SMARTS) is 1. The molecule has 6 nitrogen and oxygen atoms in total. The average Bonchev–Trinajstić information content (AvgIpc) is 2.40. The lowest BCUT2D eigenvalue weighted by Crippen LogP contribution is -2.32. The van der Waals surface area contributed by atoms with Crippen molar-refractivity contribution in [2.45, 2.75) is 19.9 Å². The topological polar surface area (TPSA) is 84.2 Å². The van der Waals surface area contributed by atoms with E-state index in [-0.39, 0.29) is 5.91 Å². The standard InChI is InChI=1S/C9H13N3O3/c1-5-7(4-12(3)11-5)8(9(14)15)10-6(2)13/h4,8H,1-3H3,(H,10,13)(H,14,15). The van der Waals surface area contributed by atoms with E-state index >= 15 is 0 Å². The number of rotatable bonds is 3. The molecule has 0 aromatic carbocycles. The molecule has 0 aliphatic carbocycles. The highest BCUT2D eigenvalue weighted by atomic mass is 16.4. The Bertz CT molecular complexity index is 397.